The Morgan fingerprint density at radius 3 is 2.67 bits per heavy atom. The van der Waals surface area contributed by atoms with Crippen molar-refractivity contribution >= 4 is 17.3 Å². The van der Waals surface area contributed by atoms with Crippen LogP contribution in [0.15, 0.2) is 66.0 Å². The maximum absolute atomic E-state index is 13.1. The molecule has 0 radical (unpaired) electrons. The number of hydrogen-bond donors (Lipinski definition) is 1. The number of nitrogens with zero attached hydrogens (tertiary/aromatic N) is 5. The number of aliphatic imine (C=N–C) groups is 1. The summed E-state index contributed by atoms with van der Waals surface area (Å²) in [4.78, 5) is 31.2. The van der Waals surface area contributed by atoms with E-state index in [9.17, 15) is 4.79 Å². The molecule has 1 aromatic carbocycles. The molecular formula is C26H28N6O. The van der Waals surface area contributed by atoms with E-state index >= 15 is 0 Å². The van der Waals surface area contributed by atoms with E-state index < -0.39 is 0 Å². The van der Waals surface area contributed by atoms with Crippen LogP contribution in [0.25, 0.3) is 11.1 Å². The van der Waals surface area contributed by atoms with Crippen LogP contribution in [-0.4, -0.2) is 71.2 Å². The number of benzene rings is 1. The third-order valence-corrected chi connectivity index (χ3v) is 6.29. The fourth-order valence-corrected chi connectivity index (χ4v) is 4.31. The first kappa shape index (κ1) is 21.4. The Bertz CT molecular complexity index is 1150. The lowest BCUT2D eigenvalue weighted by Crippen LogP contribution is -2.44. The highest BCUT2D eigenvalue weighted by atomic mass is 16.1. The molecule has 7 nitrogen and oxygen atoms in total. The van der Waals surface area contributed by atoms with E-state index in [-0.39, 0.29) is 5.91 Å². The molecule has 2 aliphatic heterocycles. The molecule has 1 N–H and O–H groups in total. The van der Waals surface area contributed by atoms with E-state index in [1.54, 1.807) is 12.4 Å². The van der Waals surface area contributed by atoms with Gasteiger partial charge in [0.25, 0.3) is 5.91 Å². The van der Waals surface area contributed by atoms with Gasteiger partial charge in [-0.1, -0.05) is 18.2 Å². The quantitative estimate of drug-likeness (QED) is 0.661. The van der Waals surface area contributed by atoms with Crippen molar-refractivity contribution in [3.63, 3.8) is 0 Å². The molecule has 0 aliphatic carbocycles. The van der Waals surface area contributed by atoms with E-state index in [2.05, 4.69) is 49.3 Å². The molecule has 2 aliphatic rings. The van der Waals surface area contributed by atoms with E-state index in [4.69, 9.17) is 0 Å². The molecule has 0 unspecified atom stereocenters. The Balaban J connectivity index is 1.28. The Morgan fingerprint density at radius 1 is 1.03 bits per heavy atom. The molecule has 4 heterocycles. The number of anilines is 1. The number of fused-ring (bicyclic) bond motifs is 1. The lowest BCUT2D eigenvalue weighted by atomic mass is 9.93. The van der Waals surface area contributed by atoms with E-state index in [0.717, 1.165) is 67.1 Å². The van der Waals surface area contributed by atoms with Gasteiger partial charge in [0.2, 0.25) is 0 Å². The van der Waals surface area contributed by atoms with E-state index in [0.29, 0.717) is 17.9 Å². The average molecular weight is 441 g/mol. The number of carbonyl (C=O) groups is 1. The Morgan fingerprint density at radius 2 is 1.91 bits per heavy atom. The maximum atomic E-state index is 13.1. The van der Waals surface area contributed by atoms with Gasteiger partial charge in [-0.05, 0) is 48.9 Å². The van der Waals surface area contributed by atoms with Gasteiger partial charge >= 0.3 is 0 Å². The fraction of sp³-hybridized carbons (Fsp3) is 0.308. The minimum atomic E-state index is -0.201. The molecule has 7 heteroatoms. The molecule has 5 rings (SSSR count). The minimum absolute atomic E-state index is 0.201. The second-order valence-electron chi connectivity index (χ2n) is 8.67. The van der Waals surface area contributed by atoms with Crippen molar-refractivity contribution in [3.8, 4) is 11.1 Å². The smallest absolute Gasteiger partial charge is 0.274 e. The second kappa shape index (κ2) is 9.60. The SMILES string of the molecule is CN1CCN(Cc2ccc(NC(=O)C3=NCCc4ccc(-c5cccnc5)cc43)cn2)CC1. The summed E-state index contributed by atoms with van der Waals surface area (Å²) in [5.41, 5.74) is 6.25. The van der Waals surface area contributed by atoms with Crippen molar-refractivity contribution in [2.45, 2.75) is 13.0 Å². The number of hydrogen-bond acceptors (Lipinski definition) is 6. The lowest BCUT2D eigenvalue weighted by molar-refractivity contribution is -0.110. The van der Waals surface area contributed by atoms with Gasteiger partial charge < -0.3 is 10.2 Å². The van der Waals surface area contributed by atoms with E-state index in [1.807, 2.05) is 36.5 Å². The molecule has 0 bridgehead atoms. The van der Waals surface area contributed by atoms with Crippen LogP contribution in [0.4, 0.5) is 5.69 Å². The van der Waals surface area contributed by atoms with Crippen molar-refractivity contribution < 1.29 is 4.79 Å². The van der Waals surface area contributed by atoms with E-state index in [1.165, 1.54) is 0 Å². The van der Waals surface area contributed by atoms with Crippen LogP contribution in [-0.2, 0) is 17.8 Å². The van der Waals surface area contributed by atoms with Gasteiger partial charge in [-0.2, -0.15) is 0 Å². The molecule has 0 saturated carbocycles. The molecular weight excluding hydrogens is 412 g/mol. The zero-order valence-electron chi connectivity index (χ0n) is 18.9. The van der Waals surface area contributed by atoms with Crippen LogP contribution in [0.3, 0.4) is 0 Å². The highest BCUT2D eigenvalue weighted by Gasteiger charge is 2.22. The third kappa shape index (κ3) is 4.99. The van der Waals surface area contributed by atoms with Gasteiger partial charge in [-0.15, -0.1) is 0 Å². The van der Waals surface area contributed by atoms with Crippen LogP contribution < -0.4 is 5.32 Å². The Kier molecular flexibility index (Phi) is 6.24. The van der Waals surface area contributed by atoms with Crippen LogP contribution in [0.1, 0.15) is 16.8 Å². The molecule has 1 amide bonds. The van der Waals surface area contributed by atoms with Gasteiger partial charge in [0, 0.05) is 62.8 Å². The van der Waals surface area contributed by atoms with Gasteiger partial charge in [-0.25, -0.2) is 0 Å². The molecule has 0 atom stereocenters. The average Bonchev–Trinajstić information content (AvgIpc) is 2.86. The Hall–Kier alpha value is -3.42. The predicted molar refractivity (Wildman–Crippen MR) is 130 cm³/mol. The van der Waals surface area contributed by atoms with Crippen LogP contribution in [0.2, 0.25) is 0 Å². The largest absolute Gasteiger partial charge is 0.319 e. The normalized spacial score (nSPS) is 16.7. The van der Waals surface area contributed by atoms with Crippen molar-refractivity contribution in [3.05, 3.63) is 77.9 Å². The first-order valence-electron chi connectivity index (χ1n) is 11.4. The fourth-order valence-electron chi connectivity index (χ4n) is 4.31. The number of aromatic nitrogens is 2. The van der Waals surface area contributed by atoms with Gasteiger partial charge in [0.15, 0.2) is 0 Å². The molecule has 0 spiro atoms. The summed E-state index contributed by atoms with van der Waals surface area (Å²) < 4.78 is 0. The Labute approximate surface area is 194 Å². The number of likely N-dealkylation sites (N-methyl/N-ethyl adjacent to an activating group) is 1. The third-order valence-electron chi connectivity index (χ3n) is 6.29. The summed E-state index contributed by atoms with van der Waals surface area (Å²) in [5, 5.41) is 2.98. The molecule has 3 aromatic rings. The number of pyridine rings is 2. The summed E-state index contributed by atoms with van der Waals surface area (Å²) in [7, 11) is 2.15. The first-order chi connectivity index (χ1) is 16.2. The molecule has 1 saturated heterocycles. The number of carbonyl (C=O) groups excluding carboxylic acids is 1. The van der Waals surface area contributed by atoms with Crippen molar-refractivity contribution in [1.82, 2.24) is 19.8 Å². The zero-order valence-corrected chi connectivity index (χ0v) is 18.9. The summed E-state index contributed by atoms with van der Waals surface area (Å²) in [6.07, 6.45) is 6.16. The lowest BCUT2D eigenvalue weighted by Gasteiger charge is -2.32. The monoisotopic (exact) mass is 440 g/mol. The van der Waals surface area contributed by atoms with Gasteiger partial charge in [0.1, 0.15) is 5.71 Å². The number of amides is 1. The highest BCUT2D eigenvalue weighted by molar-refractivity contribution is 6.49. The number of rotatable bonds is 5. The molecule has 168 valence electrons. The topological polar surface area (TPSA) is 73.7 Å². The zero-order chi connectivity index (χ0) is 22.6. The molecule has 33 heavy (non-hydrogen) atoms. The second-order valence-corrected chi connectivity index (χ2v) is 8.67. The molecule has 2 aromatic heterocycles. The number of piperazine rings is 1. The van der Waals surface area contributed by atoms with Crippen LogP contribution in [0, 0.1) is 0 Å². The van der Waals surface area contributed by atoms with Gasteiger partial charge in [-0.3, -0.25) is 24.7 Å². The molecule has 1 fully saturated rings. The first-order valence-corrected chi connectivity index (χ1v) is 11.4. The number of nitrogens with one attached hydrogen (secondary N) is 1. The van der Waals surface area contributed by atoms with Gasteiger partial charge in [0.05, 0.1) is 17.6 Å². The summed E-state index contributed by atoms with van der Waals surface area (Å²) in [5.74, 6) is -0.201. The summed E-state index contributed by atoms with van der Waals surface area (Å²) >= 11 is 0. The van der Waals surface area contributed by atoms with Crippen molar-refractivity contribution in [1.29, 1.82) is 0 Å². The summed E-state index contributed by atoms with van der Waals surface area (Å²) in [6, 6.07) is 14.1. The van der Waals surface area contributed by atoms with Crippen LogP contribution >= 0.6 is 0 Å². The maximum Gasteiger partial charge on any atom is 0.274 e. The summed E-state index contributed by atoms with van der Waals surface area (Å²) in [6.45, 7) is 5.72. The standard InChI is InChI=1S/C26H28N6O/c1-31-11-13-32(14-12-31)18-23-7-6-22(17-29-23)30-26(33)25-24-15-20(21-3-2-9-27-16-21)5-4-19(24)8-10-28-25/h2-7,9,15-17H,8,10-14,18H2,1H3,(H,30,33). The van der Waals surface area contributed by atoms with Crippen molar-refractivity contribution in [2.75, 3.05) is 45.1 Å². The minimum Gasteiger partial charge on any atom is -0.319 e. The van der Waals surface area contributed by atoms with Crippen molar-refractivity contribution in [2.24, 2.45) is 4.99 Å². The highest BCUT2D eigenvalue weighted by Crippen LogP contribution is 2.25. The van der Waals surface area contributed by atoms with Crippen LogP contribution in [0.5, 0.6) is 0 Å². The predicted octanol–water partition coefficient (Wildman–Crippen LogP) is 2.87.